The van der Waals surface area contributed by atoms with Crippen molar-refractivity contribution in [1.82, 2.24) is 9.80 Å². The maximum atomic E-state index is 11.4. The number of aromatic hydroxyl groups is 2. The Kier molecular flexibility index (Phi) is 11.3. The highest BCUT2D eigenvalue weighted by Gasteiger charge is 2.26. The van der Waals surface area contributed by atoms with Crippen molar-refractivity contribution in [3.05, 3.63) is 57.6 Å². The van der Waals surface area contributed by atoms with Crippen LogP contribution < -0.4 is 0 Å². The lowest BCUT2D eigenvalue weighted by Crippen LogP contribution is -2.29. The molecule has 2 aliphatic heterocycles. The second kappa shape index (κ2) is 15.0. The second-order valence-electron chi connectivity index (χ2n) is 16.3. The molecule has 46 heavy (non-hydrogen) atoms. The van der Waals surface area contributed by atoms with Gasteiger partial charge in [-0.1, -0.05) is 79.4 Å². The average Bonchev–Trinajstić information content (AvgIpc) is 3.02. The number of phenols is 2. The molecule has 252 valence electrons. The molecule has 2 atom stereocenters. The summed E-state index contributed by atoms with van der Waals surface area (Å²) in [4.78, 5) is 15.2. The van der Waals surface area contributed by atoms with Crippen LogP contribution in [0, 0.1) is 0 Å². The molecule has 2 unspecified atom stereocenters. The van der Waals surface area contributed by atoms with E-state index in [1.54, 1.807) is 0 Å². The SMILES string of the molecule is CC(C)(C)c1cc(C=NC2CCCCC2N=Cc2cc(C(C)(C)C)cc(CN3CCCCC3)c2O)c(O)c(CN2CCCCC2)c1. The first-order valence-corrected chi connectivity index (χ1v) is 18.1. The van der Waals surface area contributed by atoms with Gasteiger partial charge in [-0.25, -0.2) is 0 Å². The lowest BCUT2D eigenvalue weighted by atomic mass is 9.84. The van der Waals surface area contributed by atoms with Gasteiger partial charge >= 0.3 is 0 Å². The zero-order valence-electron chi connectivity index (χ0n) is 29.6. The van der Waals surface area contributed by atoms with E-state index in [1.165, 1.54) is 49.7 Å². The molecule has 5 rings (SSSR count). The van der Waals surface area contributed by atoms with E-state index in [0.29, 0.717) is 11.5 Å². The summed E-state index contributed by atoms with van der Waals surface area (Å²) in [5.74, 6) is 0.728. The van der Waals surface area contributed by atoms with E-state index in [9.17, 15) is 10.2 Å². The summed E-state index contributed by atoms with van der Waals surface area (Å²) >= 11 is 0. The van der Waals surface area contributed by atoms with Crippen molar-refractivity contribution >= 4 is 12.4 Å². The van der Waals surface area contributed by atoms with Gasteiger partial charge in [0.05, 0.1) is 12.1 Å². The van der Waals surface area contributed by atoms with Gasteiger partial charge in [0.2, 0.25) is 0 Å². The lowest BCUT2D eigenvalue weighted by molar-refractivity contribution is 0.218. The van der Waals surface area contributed by atoms with Crippen LogP contribution in [0.25, 0.3) is 0 Å². The molecular weight excluding hydrogens is 568 g/mol. The molecule has 0 spiro atoms. The summed E-state index contributed by atoms with van der Waals surface area (Å²) in [7, 11) is 0. The van der Waals surface area contributed by atoms with Gasteiger partial charge in [0.15, 0.2) is 0 Å². The summed E-state index contributed by atoms with van der Waals surface area (Å²) in [5.41, 5.74) is 6.03. The van der Waals surface area contributed by atoms with Gasteiger partial charge in [0, 0.05) is 47.8 Å². The van der Waals surface area contributed by atoms with Crippen LogP contribution in [0.1, 0.15) is 139 Å². The smallest absolute Gasteiger partial charge is 0.128 e. The molecule has 2 saturated heterocycles. The Bertz CT molecular complexity index is 1270. The summed E-state index contributed by atoms with van der Waals surface area (Å²) < 4.78 is 0. The summed E-state index contributed by atoms with van der Waals surface area (Å²) in [6, 6.07) is 8.75. The monoisotopic (exact) mass is 628 g/mol. The predicted molar refractivity (Wildman–Crippen MR) is 193 cm³/mol. The summed E-state index contributed by atoms with van der Waals surface area (Å²) in [6.07, 6.45) is 15.6. The molecule has 2 N–H and O–H groups in total. The maximum Gasteiger partial charge on any atom is 0.128 e. The van der Waals surface area contributed by atoms with E-state index < -0.39 is 0 Å². The van der Waals surface area contributed by atoms with Gasteiger partial charge < -0.3 is 10.2 Å². The number of rotatable bonds is 8. The first kappa shape index (κ1) is 34.6. The molecule has 3 aliphatic rings. The minimum absolute atomic E-state index is 0.0267. The van der Waals surface area contributed by atoms with Crippen LogP contribution in [0.3, 0.4) is 0 Å². The molecule has 2 aromatic carbocycles. The van der Waals surface area contributed by atoms with Crippen LogP contribution in [0.2, 0.25) is 0 Å². The van der Waals surface area contributed by atoms with E-state index in [1.807, 2.05) is 12.4 Å². The van der Waals surface area contributed by atoms with E-state index in [0.717, 1.165) is 87.2 Å². The van der Waals surface area contributed by atoms with E-state index >= 15 is 0 Å². The van der Waals surface area contributed by atoms with Gasteiger partial charge in [0.1, 0.15) is 11.5 Å². The average molecular weight is 629 g/mol. The number of hydrogen-bond acceptors (Lipinski definition) is 6. The van der Waals surface area contributed by atoms with Crippen LogP contribution in [0.5, 0.6) is 11.5 Å². The minimum Gasteiger partial charge on any atom is -0.507 e. The number of aliphatic imine (C=N–C) groups is 2. The van der Waals surface area contributed by atoms with Crippen molar-refractivity contribution < 1.29 is 10.2 Å². The standard InChI is InChI=1S/C40H60N4O2/c1-39(2,3)33-21-29(37(45)31(23-33)27-43-17-11-7-12-18-43)25-41-35-15-9-10-16-36(35)42-26-30-22-34(40(4,5)6)24-32(38(30)46)28-44-19-13-8-14-20-44/h21-26,35-36,45-46H,7-20,27-28H2,1-6H3. The summed E-state index contributed by atoms with van der Waals surface area (Å²) in [5, 5.41) is 22.9. The highest BCUT2D eigenvalue weighted by molar-refractivity contribution is 5.86. The minimum atomic E-state index is -0.0267. The first-order valence-electron chi connectivity index (χ1n) is 18.1. The Labute approximate surface area is 279 Å². The van der Waals surface area contributed by atoms with Crippen molar-refractivity contribution in [1.29, 1.82) is 0 Å². The highest BCUT2D eigenvalue weighted by atomic mass is 16.3. The fourth-order valence-corrected chi connectivity index (χ4v) is 7.25. The van der Waals surface area contributed by atoms with Crippen molar-refractivity contribution in [3.8, 4) is 11.5 Å². The molecular formula is C40H60N4O2. The Balaban J connectivity index is 1.39. The zero-order valence-corrected chi connectivity index (χ0v) is 29.6. The maximum absolute atomic E-state index is 11.4. The van der Waals surface area contributed by atoms with Gasteiger partial charge in [-0.2, -0.15) is 0 Å². The van der Waals surface area contributed by atoms with Crippen molar-refractivity contribution in [2.45, 2.75) is 142 Å². The Morgan fingerprint density at radius 3 is 1.30 bits per heavy atom. The Morgan fingerprint density at radius 2 is 0.957 bits per heavy atom. The molecule has 0 bridgehead atoms. The quantitative estimate of drug-likeness (QED) is 0.288. The third kappa shape index (κ3) is 9.01. The van der Waals surface area contributed by atoms with Crippen molar-refractivity contribution in [2.24, 2.45) is 9.98 Å². The van der Waals surface area contributed by atoms with Gasteiger partial charge in [0.25, 0.3) is 0 Å². The van der Waals surface area contributed by atoms with Crippen LogP contribution in [-0.2, 0) is 23.9 Å². The largest absolute Gasteiger partial charge is 0.507 e. The molecule has 0 aromatic heterocycles. The fourth-order valence-electron chi connectivity index (χ4n) is 7.25. The normalized spacial score (nSPS) is 22.7. The predicted octanol–water partition coefficient (Wildman–Crippen LogP) is 8.51. The molecule has 6 heteroatoms. The topological polar surface area (TPSA) is 71.7 Å². The molecule has 0 radical (unpaired) electrons. The molecule has 1 aliphatic carbocycles. The van der Waals surface area contributed by atoms with Crippen molar-refractivity contribution in [3.63, 3.8) is 0 Å². The zero-order chi connectivity index (χ0) is 32.9. The number of likely N-dealkylation sites (tertiary alicyclic amines) is 2. The molecule has 1 saturated carbocycles. The van der Waals surface area contributed by atoms with Gasteiger partial charge in [-0.15, -0.1) is 0 Å². The van der Waals surface area contributed by atoms with E-state index in [2.05, 4.69) is 75.6 Å². The Morgan fingerprint density at radius 1 is 0.587 bits per heavy atom. The van der Waals surface area contributed by atoms with E-state index in [4.69, 9.17) is 9.98 Å². The molecule has 0 amide bonds. The highest BCUT2D eigenvalue weighted by Crippen LogP contribution is 2.34. The van der Waals surface area contributed by atoms with Crippen LogP contribution in [0.4, 0.5) is 0 Å². The number of nitrogens with zero attached hydrogens (tertiary/aromatic N) is 4. The van der Waals surface area contributed by atoms with Crippen LogP contribution >= 0.6 is 0 Å². The van der Waals surface area contributed by atoms with Crippen LogP contribution in [-0.4, -0.2) is 70.7 Å². The number of hydrogen-bond donors (Lipinski definition) is 2. The van der Waals surface area contributed by atoms with E-state index in [-0.39, 0.29) is 22.9 Å². The molecule has 3 fully saturated rings. The molecule has 2 aromatic rings. The van der Waals surface area contributed by atoms with Gasteiger partial charge in [-0.3, -0.25) is 19.8 Å². The number of benzene rings is 2. The third-order valence-electron chi connectivity index (χ3n) is 10.4. The molecule has 2 heterocycles. The number of piperidine rings is 2. The third-order valence-corrected chi connectivity index (χ3v) is 10.4. The first-order chi connectivity index (χ1) is 21.9. The second-order valence-corrected chi connectivity index (χ2v) is 16.3. The van der Waals surface area contributed by atoms with Crippen molar-refractivity contribution in [2.75, 3.05) is 26.2 Å². The van der Waals surface area contributed by atoms with Gasteiger partial charge in [-0.05, 0) is 98.8 Å². The molecule has 6 nitrogen and oxygen atoms in total. The van der Waals surface area contributed by atoms with Crippen LogP contribution in [0.15, 0.2) is 34.3 Å². The summed E-state index contributed by atoms with van der Waals surface area (Å²) in [6.45, 7) is 19.4. The number of phenolic OH excluding ortho intramolecular Hbond substituents is 2. The fraction of sp³-hybridized carbons (Fsp3) is 0.650. The lowest BCUT2D eigenvalue weighted by Gasteiger charge is -2.29. The Hall–Kier alpha value is -2.70.